The quantitative estimate of drug-likeness (QED) is 0.339. The summed E-state index contributed by atoms with van der Waals surface area (Å²) in [6.07, 6.45) is 3.28. The molecule has 1 rings (SSSR count). The maximum Gasteiger partial charge on any atom is 0.156 e. The lowest BCUT2D eigenvalue weighted by molar-refractivity contribution is 0.601. The minimum absolute atomic E-state index is 0.182. The summed E-state index contributed by atoms with van der Waals surface area (Å²) in [5.74, 6) is 0.182. The van der Waals surface area contributed by atoms with Gasteiger partial charge in [0.2, 0.25) is 0 Å². The molecule has 8 heavy (non-hydrogen) atoms. The monoisotopic (exact) mass is 145 g/mol. The van der Waals surface area contributed by atoms with Crippen molar-refractivity contribution in [2.75, 3.05) is 5.75 Å². The van der Waals surface area contributed by atoms with E-state index in [1.807, 2.05) is 0 Å². The summed E-state index contributed by atoms with van der Waals surface area (Å²) in [5.41, 5.74) is 0. The van der Waals surface area contributed by atoms with Gasteiger partial charge in [0.25, 0.3) is 0 Å². The standard InChI is InChI=1S/C4H5O2SSi/c5-7(6)3-1-2-4(7)8/h1-2,4H,3H2. The summed E-state index contributed by atoms with van der Waals surface area (Å²) >= 11 is 0. The zero-order valence-corrected chi connectivity index (χ0v) is 5.98. The molecule has 1 aliphatic heterocycles. The molecule has 0 saturated carbocycles. The summed E-state index contributed by atoms with van der Waals surface area (Å²) in [7, 11) is 0.210. The summed E-state index contributed by atoms with van der Waals surface area (Å²) in [4.78, 5) is -0.442. The lowest BCUT2D eigenvalue weighted by atomic mass is 10.6. The maximum atomic E-state index is 10.7. The topological polar surface area (TPSA) is 34.1 Å². The molecule has 0 aromatic rings. The molecular weight excluding hydrogens is 140 g/mol. The largest absolute Gasteiger partial charge is 0.228 e. The van der Waals surface area contributed by atoms with Crippen LogP contribution in [0.4, 0.5) is 0 Å². The molecule has 0 spiro atoms. The van der Waals surface area contributed by atoms with Gasteiger partial charge >= 0.3 is 0 Å². The van der Waals surface area contributed by atoms with Gasteiger partial charge in [-0.25, -0.2) is 8.42 Å². The predicted molar refractivity (Wildman–Crippen MR) is 32.5 cm³/mol. The van der Waals surface area contributed by atoms with Gasteiger partial charge in [0.1, 0.15) is 0 Å². The van der Waals surface area contributed by atoms with Crippen LogP contribution in [-0.4, -0.2) is 29.3 Å². The van der Waals surface area contributed by atoms with E-state index < -0.39 is 14.7 Å². The van der Waals surface area contributed by atoms with E-state index in [0.717, 1.165) is 0 Å². The van der Waals surface area contributed by atoms with Crippen LogP contribution in [0.15, 0.2) is 12.2 Å². The van der Waals surface area contributed by atoms with Crippen LogP contribution in [0, 0.1) is 0 Å². The minimum Gasteiger partial charge on any atom is -0.228 e. The number of sulfone groups is 1. The zero-order valence-electron chi connectivity index (χ0n) is 4.16. The van der Waals surface area contributed by atoms with E-state index in [0.29, 0.717) is 0 Å². The summed E-state index contributed by atoms with van der Waals surface area (Å²) in [5, 5.41) is 0. The molecule has 0 fully saturated rings. The highest BCUT2D eigenvalue weighted by Gasteiger charge is 2.20. The van der Waals surface area contributed by atoms with E-state index in [9.17, 15) is 8.42 Å². The second-order valence-corrected chi connectivity index (χ2v) is 4.89. The summed E-state index contributed by atoms with van der Waals surface area (Å²) < 4.78 is 21.3. The zero-order chi connectivity index (χ0) is 6.20. The van der Waals surface area contributed by atoms with Gasteiger partial charge in [0.15, 0.2) is 9.84 Å². The molecule has 0 aromatic carbocycles. The second-order valence-electron chi connectivity index (χ2n) is 1.68. The first-order chi connectivity index (χ1) is 3.63. The minimum atomic E-state index is -2.82. The van der Waals surface area contributed by atoms with Gasteiger partial charge in [0, 0.05) is 0 Å². The smallest absolute Gasteiger partial charge is 0.156 e. The van der Waals surface area contributed by atoms with Crippen molar-refractivity contribution in [3.05, 3.63) is 12.2 Å². The molecule has 0 N–H and O–H groups in total. The summed E-state index contributed by atoms with van der Waals surface area (Å²) in [6, 6.07) is 0. The van der Waals surface area contributed by atoms with Crippen LogP contribution >= 0.6 is 0 Å². The summed E-state index contributed by atoms with van der Waals surface area (Å²) in [6.45, 7) is 0. The van der Waals surface area contributed by atoms with Gasteiger partial charge < -0.3 is 0 Å². The van der Waals surface area contributed by atoms with E-state index in [1.54, 1.807) is 12.2 Å². The third-order valence-electron chi connectivity index (χ3n) is 1.03. The Morgan fingerprint density at radius 3 is 2.38 bits per heavy atom. The normalized spacial score (nSPS) is 33.4. The molecule has 43 valence electrons. The third-order valence-corrected chi connectivity index (χ3v) is 3.88. The fourth-order valence-electron chi connectivity index (χ4n) is 0.537. The first-order valence-corrected chi connectivity index (χ1v) is 4.51. The Bertz CT molecular complexity index is 204. The van der Waals surface area contributed by atoms with Crippen LogP contribution in [0.1, 0.15) is 0 Å². The Labute approximate surface area is 51.9 Å². The Kier molecular flexibility index (Phi) is 1.28. The molecule has 2 nitrogen and oxygen atoms in total. The first kappa shape index (κ1) is 6.03. The van der Waals surface area contributed by atoms with Crippen LogP contribution in [0.25, 0.3) is 0 Å². The van der Waals surface area contributed by atoms with Crippen molar-refractivity contribution in [1.82, 2.24) is 0 Å². The third kappa shape index (κ3) is 0.854. The van der Waals surface area contributed by atoms with Crippen molar-refractivity contribution in [3.63, 3.8) is 0 Å². The van der Waals surface area contributed by atoms with Crippen LogP contribution < -0.4 is 0 Å². The van der Waals surface area contributed by atoms with E-state index in [4.69, 9.17) is 0 Å². The maximum absolute atomic E-state index is 10.7. The molecule has 1 atom stereocenters. The molecule has 1 aliphatic rings. The van der Waals surface area contributed by atoms with Crippen molar-refractivity contribution in [2.45, 2.75) is 4.87 Å². The van der Waals surface area contributed by atoms with Gasteiger partial charge in [-0.2, -0.15) is 0 Å². The molecule has 0 amide bonds. The van der Waals surface area contributed by atoms with Crippen molar-refractivity contribution in [1.29, 1.82) is 0 Å². The fourth-order valence-corrected chi connectivity index (χ4v) is 1.90. The van der Waals surface area contributed by atoms with Gasteiger partial charge in [-0.1, -0.05) is 12.2 Å². The predicted octanol–water partition coefficient (Wildman–Crippen LogP) is -0.534. The Hall–Kier alpha value is -0.0931. The molecular formula is C4H5O2SSi. The Morgan fingerprint density at radius 1 is 1.62 bits per heavy atom. The van der Waals surface area contributed by atoms with Crippen LogP contribution in [0.5, 0.6) is 0 Å². The molecule has 3 radical (unpaired) electrons. The van der Waals surface area contributed by atoms with Crippen molar-refractivity contribution in [2.24, 2.45) is 0 Å². The SMILES string of the molecule is O=S1(=O)CC=CC1[Si]. The average molecular weight is 145 g/mol. The molecule has 0 aromatic heterocycles. The van der Waals surface area contributed by atoms with E-state index in [2.05, 4.69) is 10.2 Å². The van der Waals surface area contributed by atoms with Gasteiger partial charge in [-0.05, 0) is 0 Å². The highest BCUT2D eigenvalue weighted by atomic mass is 32.2. The van der Waals surface area contributed by atoms with Gasteiger partial charge in [-0.3, -0.25) is 0 Å². The lowest BCUT2D eigenvalue weighted by Crippen LogP contribution is -2.15. The highest BCUT2D eigenvalue weighted by Crippen LogP contribution is 2.07. The van der Waals surface area contributed by atoms with E-state index >= 15 is 0 Å². The first-order valence-electron chi connectivity index (χ1n) is 2.22. The molecule has 0 aliphatic carbocycles. The van der Waals surface area contributed by atoms with Crippen LogP contribution in [-0.2, 0) is 9.84 Å². The average Bonchev–Trinajstić information content (AvgIpc) is 1.86. The van der Waals surface area contributed by atoms with Crippen LogP contribution in [0.2, 0.25) is 0 Å². The van der Waals surface area contributed by atoms with Crippen LogP contribution in [0.3, 0.4) is 0 Å². The van der Waals surface area contributed by atoms with Crippen molar-refractivity contribution >= 4 is 20.1 Å². The highest BCUT2D eigenvalue weighted by molar-refractivity contribution is 7.93. The van der Waals surface area contributed by atoms with Crippen molar-refractivity contribution in [3.8, 4) is 0 Å². The van der Waals surface area contributed by atoms with Gasteiger partial charge in [0.05, 0.1) is 20.9 Å². The fraction of sp³-hybridized carbons (Fsp3) is 0.500. The number of rotatable bonds is 0. The van der Waals surface area contributed by atoms with Crippen molar-refractivity contribution < 1.29 is 8.42 Å². The Balaban J connectivity index is 2.96. The van der Waals surface area contributed by atoms with E-state index in [-0.39, 0.29) is 5.75 Å². The molecule has 1 unspecified atom stereocenters. The molecule has 0 saturated heterocycles. The number of hydrogen-bond acceptors (Lipinski definition) is 2. The second kappa shape index (κ2) is 1.70. The number of hydrogen-bond donors (Lipinski definition) is 0. The molecule has 1 heterocycles. The molecule has 0 bridgehead atoms. The lowest BCUT2D eigenvalue weighted by Gasteiger charge is -1.95. The van der Waals surface area contributed by atoms with E-state index in [1.165, 1.54) is 0 Å². The van der Waals surface area contributed by atoms with Gasteiger partial charge in [-0.15, -0.1) is 0 Å². The molecule has 4 heteroatoms. The Morgan fingerprint density at radius 2 is 2.25 bits per heavy atom.